The molecule has 0 saturated carbocycles. The molecule has 0 radical (unpaired) electrons. The number of aliphatic hydroxyl groups is 1. The molecule has 1 aliphatic rings. The second kappa shape index (κ2) is 9.01. The van der Waals surface area contributed by atoms with Crippen LogP contribution in [-0.4, -0.2) is 26.8 Å². The van der Waals surface area contributed by atoms with Crippen molar-refractivity contribution in [1.29, 1.82) is 0 Å². The van der Waals surface area contributed by atoms with Crippen LogP contribution in [0.3, 0.4) is 0 Å². The highest BCUT2D eigenvalue weighted by Crippen LogP contribution is 2.41. The number of carbonyl (C=O) groups is 2. The minimum absolute atomic E-state index is 0.0762. The van der Waals surface area contributed by atoms with Gasteiger partial charge >= 0.3 is 6.18 Å². The maximum atomic E-state index is 13.6. The molecule has 5 rings (SSSR count). The Hall–Kier alpha value is -4.24. The quantitative estimate of drug-likeness (QED) is 0.286. The monoisotopic (exact) mass is 527 g/mol. The summed E-state index contributed by atoms with van der Waals surface area (Å²) in [4.78, 5) is 27.8. The van der Waals surface area contributed by atoms with Crippen molar-refractivity contribution in [2.24, 2.45) is 0 Å². The third-order valence-corrected chi connectivity index (χ3v) is 6.30. The van der Waals surface area contributed by atoms with E-state index in [2.05, 4.69) is 0 Å². The number of halogens is 4. The van der Waals surface area contributed by atoms with Crippen molar-refractivity contribution in [3.8, 4) is 5.75 Å². The third kappa shape index (κ3) is 4.53. The van der Waals surface area contributed by atoms with Gasteiger partial charge in [0.05, 0.1) is 17.2 Å². The van der Waals surface area contributed by atoms with E-state index in [-0.39, 0.29) is 29.2 Å². The van der Waals surface area contributed by atoms with Crippen LogP contribution < -0.4 is 0 Å². The molecule has 0 saturated heterocycles. The minimum Gasteiger partial charge on any atom is -0.508 e. The summed E-state index contributed by atoms with van der Waals surface area (Å²) in [7, 11) is 0. The Balaban J connectivity index is 1.58. The summed E-state index contributed by atoms with van der Waals surface area (Å²) in [5.74, 6) is -2.78. The zero-order valence-electron chi connectivity index (χ0n) is 18.8. The number of fused-ring (bicyclic) bond motifs is 1. The number of phenolic OH excluding ortho intramolecular Hbond substituents is 1. The highest BCUT2D eigenvalue weighted by atomic mass is 35.5. The number of phenols is 1. The van der Waals surface area contributed by atoms with E-state index in [1.165, 1.54) is 42.5 Å². The number of carbonyl (C=O) groups excluding carboxylic acids is 2. The molecule has 2 N–H and O–H groups in total. The van der Waals surface area contributed by atoms with Crippen LogP contribution >= 0.6 is 11.6 Å². The summed E-state index contributed by atoms with van der Waals surface area (Å²) < 4.78 is 45.4. The second-order valence-corrected chi connectivity index (χ2v) is 8.95. The normalized spacial score (nSPS) is 16.2. The number of furan rings is 1. The van der Waals surface area contributed by atoms with Crippen molar-refractivity contribution in [3.05, 3.63) is 112 Å². The Morgan fingerprint density at radius 1 is 1.00 bits per heavy atom. The lowest BCUT2D eigenvalue weighted by Gasteiger charge is -2.27. The van der Waals surface area contributed by atoms with Crippen LogP contribution in [0.4, 0.5) is 13.2 Å². The lowest BCUT2D eigenvalue weighted by atomic mass is 9.94. The van der Waals surface area contributed by atoms with Crippen molar-refractivity contribution in [2.45, 2.75) is 18.8 Å². The van der Waals surface area contributed by atoms with Crippen molar-refractivity contribution >= 4 is 34.3 Å². The van der Waals surface area contributed by atoms with E-state index < -0.39 is 35.2 Å². The third-order valence-electron chi connectivity index (χ3n) is 6.07. The van der Waals surface area contributed by atoms with Gasteiger partial charge in [-0.05, 0) is 59.7 Å². The topological polar surface area (TPSA) is 91.0 Å². The van der Waals surface area contributed by atoms with E-state index in [1.807, 2.05) is 0 Å². The lowest BCUT2D eigenvalue weighted by molar-refractivity contribution is -0.137. The fourth-order valence-electron chi connectivity index (χ4n) is 4.35. The van der Waals surface area contributed by atoms with Gasteiger partial charge < -0.3 is 19.5 Å². The Labute approximate surface area is 212 Å². The van der Waals surface area contributed by atoms with E-state index in [0.29, 0.717) is 21.6 Å². The Morgan fingerprint density at radius 2 is 1.73 bits per heavy atom. The van der Waals surface area contributed by atoms with Gasteiger partial charge in [0.15, 0.2) is 11.5 Å². The number of aromatic hydroxyl groups is 1. The summed E-state index contributed by atoms with van der Waals surface area (Å²) in [6.45, 7) is -0.328. The minimum atomic E-state index is -4.59. The fraction of sp³-hybridized carbons (Fsp3) is 0.111. The maximum Gasteiger partial charge on any atom is 0.416 e. The summed E-state index contributed by atoms with van der Waals surface area (Å²) >= 11 is 6.01. The van der Waals surface area contributed by atoms with Crippen LogP contribution in [0.25, 0.3) is 11.0 Å². The molecule has 6 nitrogen and oxygen atoms in total. The molecule has 1 aromatic heterocycles. The van der Waals surface area contributed by atoms with Gasteiger partial charge in [0.1, 0.15) is 11.3 Å². The average molecular weight is 528 g/mol. The van der Waals surface area contributed by atoms with E-state index in [0.717, 1.165) is 17.0 Å². The highest BCUT2D eigenvalue weighted by Gasteiger charge is 2.44. The standard InChI is InChI=1S/C27H17ClF3NO5/c28-18-6-9-20-16(11-18)12-21(37-20)24(34)22-23(15-4-7-19(33)8-5-15)32(26(36)25(22)35)13-14-2-1-3-17(10-14)27(29,30)31/h1-12,23,33,35H,13H2. The molecule has 37 heavy (non-hydrogen) atoms. The predicted molar refractivity (Wildman–Crippen MR) is 128 cm³/mol. The Kier molecular flexibility index (Phi) is 5.95. The number of hydrogen-bond donors (Lipinski definition) is 2. The number of benzene rings is 3. The number of aliphatic hydroxyl groups excluding tert-OH is 1. The van der Waals surface area contributed by atoms with Crippen LogP contribution in [0.2, 0.25) is 5.02 Å². The van der Waals surface area contributed by atoms with Crippen molar-refractivity contribution in [2.75, 3.05) is 0 Å². The predicted octanol–water partition coefficient (Wildman–Crippen LogP) is 6.59. The first kappa shape index (κ1) is 24.5. The SMILES string of the molecule is O=C(C1=C(O)C(=O)N(Cc2cccc(C(F)(F)F)c2)C1c1ccc(O)cc1)c1cc2cc(Cl)ccc2o1. The number of ketones is 1. The van der Waals surface area contributed by atoms with Gasteiger partial charge in [0.2, 0.25) is 5.78 Å². The molecule has 0 aliphatic carbocycles. The maximum absolute atomic E-state index is 13.6. The summed E-state index contributed by atoms with van der Waals surface area (Å²) in [6, 6.07) is 15.0. The molecular weight excluding hydrogens is 511 g/mol. The van der Waals surface area contributed by atoms with Crippen LogP contribution in [-0.2, 0) is 17.5 Å². The van der Waals surface area contributed by atoms with E-state index in [9.17, 15) is 33.0 Å². The number of Topliss-reactive ketones (excluding diaryl/α,β-unsaturated/α-hetero) is 1. The highest BCUT2D eigenvalue weighted by molar-refractivity contribution is 6.31. The first-order chi connectivity index (χ1) is 17.5. The first-order valence-corrected chi connectivity index (χ1v) is 11.3. The number of amides is 1. The molecule has 0 bridgehead atoms. The molecule has 0 spiro atoms. The van der Waals surface area contributed by atoms with Gasteiger partial charge in [-0.15, -0.1) is 0 Å². The van der Waals surface area contributed by atoms with Crippen molar-refractivity contribution in [1.82, 2.24) is 4.90 Å². The molecule has 10 heteroatoms. The Bertz CT molecular complexity index is 1570. The van der Waals surface area contributed by atoms with Gasteiger partial charge in [0, 0.05) is 17.0 Å². The van der Waals surface area contributed by atoms with Crippen molar-refractivity contribution < 1.29 is 37.4 Å². The zero-order chi connectivity index (χ0) is 26.5. The van der Waals surface area contributed by atoms with Crippen LogP contribution in [0.5, 0.6) is 5.75 Å². The zero-order valence-corrected chi connectivity index (χ0v) is 19.5. The summed E-state index contributed by atoms with van der Waals surface area (Å²) in [6.07, 6.45) is -4.59. The lowest BCUT2D eigenvalue weighted by Crippen LogP contribution is -2.30. The van der Waals surface area contributed by atoms with Crippen LogP contribution in [0, 0.1) is 0 Å². The van der Waals surface area contributed by atoms with E-state index in [1.54, 1.807) is 18.2 Å². The van der Waals surface area contributed by atoms with Crippen LogP contribution in [0.15, 0.2) is 88.5 Å². The molecule has 1 unspecified atom stereocenters. The summed E-state index contributed by atoms with van der Waals surface area (Å²) in [5.41, 5.74) is -0.337. The van der Waals surface area contributed by atoms with Gasteiger partial charge in [-0.3, -0.25) is 9.59 Å². The molecule has 1 aliphatic heterocycles. The summed E-state index contributed by atoms with van der Waals surface area (Å²) in [5, 5.41) is 21.5. The van der Waals surface area contributed by atoms with E-state index in [4.69, 9.17) is 16.0 Å². The fourth-order valence-corrected chi connectivity index (χ4v) is 4.53. The second-order valence-electron chi connectivity index (χ2n) is 8.51. The van der Waals surface area contributed by atoms with Gasteiger partial charge in [-0.1, -0.05) is 35.9 Å². The molecule has 1 amide bonds. The number of rotatable bonds is 5. The number of alkyl halides is 3. The molecule has 3 aromatic carbocycles. The van der Waals surface area contributed by atoms with Gasteiger partial charge in [-0.25, -0.2) is 0 Å². The van der Waals surface area contributed by atoms with E-state index >= 15 is 0 Å². The first-order valence-electron chi connectivity index (χ1n) is 11.0. The molecule has 2 heterocycles. The molecule has 4 aromatic rings. The molecular formula is C27H17ClF3NO5. The number of hydrogen-bond acceptors (Lipinski definition) is 5. The molecule has 1 atom stereocenters. The van der Waals surface area contributed by atoms with Crippen LogP contribution in [0.1, 0.15) is 33.3 Å². The smallest absolute Gasteiger partial charge is 0.416 e. The molecule has 0 fully saturated rings. The van der Waals surface area contributed by atoms with Gasteiger partial charge in [0.25, 0.3) is 5.91 Å². The average Bonchev–Trinajstić information content (AvgIpc) is 3.38. The Morgan fingerprint density at radius 3 is 2.43 bits per heavy atom. The number of nitrogens with zero attached hydrogens (tertiary/aromatic N) is 1. The molecule has 188 valence electrons. The largest absolute Gasteiger partial charge is 0.508 e. The van der Waals surface area contributed by atoms with Crippen molar-refractivity contribution in [3.63, 3.8) is 0 Å². The van der Waals surface area contributed by atoms with Gasteiger partial charge in [-0.2, -0.15) is 13.2 Å².